The first-order valence-electron chi connectivity index (χ1n) is 10.3. The van der Waals surface area contributed by atoms with Crippen molar-refractivity contribution in [3.05, 3.63) is 66.2 Å². The molecule has 1 amide bonds. The minimum Gasteiger partial charge on any atom is -0.497 e. The van der Waals surface area contributed by atoms with E-state index >= 15 is 0 Å². The van der Waals surface area contributed by atoms with Gasteiger partial charge in [0.25, 0.3) is 15.9 Å². The number of nitrogens with one attached hydrogen (secondary N) is 2. The molecule has 0 atom stereocenters. The molecule has 0 aliphatic carbocycles. The average molecular weight is 487 g/mol. The summed E-state index contributed by atoms with van der Waals surface area (Å²) in [5.74, 6) is 1.16. The molecule has 2 N–H and O–H groups in total. The van der Waals surface area contributed by atoms with Crippen LogP contribution in [0, 0.1) is 0 Å². The molecular formula is C24H26N2O7S. The van der Waals surface area contributed by atoms with Crippen LogP contribution in [0.2, 0.25) is 0 Å². The highest BCUT2D eigenvalue weighted by atomic mass is 32.2. The smallest absolute Gasteiger partial charge is 0.261 e. The Hall–Kier alpha value is -3.92. The highest BCUT2D eigenvalue weighted by molar-refractivity contribution is 7.92. The summed E-state index contributed by atoms with van der Waals surface area (Å²) in [6.07, 6.45) is 0. The largest absolute Gasteiger partial charge is 0.497 e. The Kier molecular flexibility index (Phi) is 7.85. The van der Waals surface area contributed by atoms with Crippen LogP contribution in [-0.4, -0.2) is 42.3 Å². The SMILES string of the molecule is CCOc1ccc(S(=O)(=O)Nc2cc(OC)c(OC)cc2C(=O)Nc2ccc(OC)cc2)cc1. The molecule has 0 aliphatic rings. The number of carbonyl (C=O) groups is 1. The lowest BCUT2D eigenvalue weighted by molar-refractivity contribution is 0.102. The monoisotopic (exact) mass is 486 g/mol. The minimum atomic E-state index is -4.03. The Morgan fingerprint density at radius 1 is 0.824 bits per heavy atom. The lowest BCUT2D eigenvalue weighted by Crippen LogP contribution is -2.19. The van der Waals surface area contributed by atoms with E-state index in [2.05, 4.69) is 10.0 Å². The molecule has 0 bridgehead atoms. The Bertz CT molecular complexity index is 1240. The number of hydrogen-bond acceptors (Lipinski definition) is 7. The van der Waals surface area contributed by atoms with Gasteiger partial charge >= 0.3 is 0 Å². The quantitative estimate of drug-likeness (QED) is 0.442. The molecule has 3 rings (SSSR count). The lowest BCUT2D eigenvalue weighted by atomic mass is 10.1. The fourth-order valence-corrected chi connectivity index (χ4v) is 4.18. The minimum absolute atomic E-state index is 0.00671. The molecule has 0 radical (unpaired) electrons. The van der Waals surface area contributed by atoms with Gasteiger partial charge in [-0.3, -0.25) is 9.52 Å². The van der Waals surface area contributed by atoms with E-state index in [-0.39, 0.29) is 27.6 Å². The number of hydrogen-bond donors (Lipinski definition) is 2. The van der Waals surface area contributed by atoms with E-state index in [0.717, 1.165) is 0 Å². The van der Waals surface area contributed by atoms with Crippen LogP contribution in [-0.2, 0) is 10.0 Å². The summed E-state index contributed by atoms with van der Waals surface area (Å²) in [7, 11) is 0.355. The van der Waals surface area contributed by atoms with E-state index in [1.165, 1.54) is 38.5 Å². The summed E-state index contributed by atoms with van der Waals surface area (Å²) in [5, 5.41) is 2.74. The Morgan fingerprint density at radius 3 is 1.97 bits per heavy atom. The predicted molar refractivity (Wildman–Crippen MR) is 129 cm³/mol. The molecule has 0 saturated carbocycles. The van der Waals surface area contributed by atoms with Crippen molar-refractivity contribution in [1.29, 1.82) is 0 Å². The van der Waals surface area contributed by atoms with E-state index in [4.69, 9.17) is 18.9 Å². The molecule has 0 heterocycles. The number of anilines is 2. The summed E-state index contributed by atoms with van der Waals surface area (Å²) in [6.45, 7) is 2.30. The molecular weight excluding hydrogens is 460 g/mol. The summed E-state index contributed by atoms with van der Waals surface area (Å²) >= 11 is 0. The Labute approximate surface area is 198 Å². The van der Waals surface area contributed by atoms with Crippen molar-refractivity contribution in [3.63, 3.8) is 0 Å². The van der Waals surface area contributed by atoms with Gasteiger partial charge in [-0.15, -0.1) is 0 Å². The fourth-order valence-electron chi connectivity index (χ4n) is 3.11. The molecule has 180 valence electrons. The fraction of sp³-hybridized carbons (Fsp3) is 0.208. The van der Waals surface area contributed by atoms with Gasteiger partial charge in [0.2, 0.25) is 0 Å². The van der Waals surface area contributed by atoms with Gasteiger partial charge in [-0.25, -0.2) is 8.42 Å². The number of methoxy groups -OCH3 is 3. The molecule has 0 spiro atoms. The van der Waals surface area contributed by atoms with Crippen molar-refractivity contribution < 1.29 is 32.2 Å². The number of rotatable bonds is 10. The molecule has 9 nitrogen and oxygen atoms in total. The predicted octanol–water partition coefficient (Wildman–Crippen LogP) is 4.16. The van der Waals surface area contributed by atoms with E-state index in [0.29, 0.717) is 23.8 Å². The molecule has 0 saturated heterocycles. The molecule has 34 heavy (non-hydrogen) atoms. The highest BCUT2D eigenvalue weighted by Gasteiger charge is 2.22. The van der Waals surface area contributed by atoms with Crippen LogP contribution in [0.4, 0.5) is 11.4 Å². The maximum absolute atomic E-state index is 13.1. The third-order valence-corrected chi connectivity index (χ3v) is 6.19. The molecule has 0 fully saturated rings. The molecule has 10 heteroatoms. The van der Waals surface area contributed by atoms with Crippen LogP contribution in [0.1, 0.15) is 17.3 Å². The lowest BCUT2D eigenvalue weighted by Gasteiger charge is -2.17. The maximum atomic E-state index is 13.1. The van der Waals surface area contributed by atoms with Crippen molar-refractivity contribution in [1.82, 2.24) is 0 Å². The number of sulfonamides is 1. The van der Waals surface area contributed by atoms with Crippen molar-refractivity contribution in [2.45, 2.75) is 11.8 Å². The highest BCUT2D eigenvalue weighted by Crippen LogP contribution is 2.35. The van der Waals surface area contributed by atoms with Crippen molar-refractivity contribution in [3.8, 4) is 23.0 Å². The van der Waals surface area contributed by atoms with Crippen LogP contribution in [0.3, 0.4) is 0 Å². The van der Waals surface area contributed by atoms with E-state index < -0.39 is 15.9 Å². The zero-order chi connectivity index (χ0) is 24.7. The second kappa shape index (κ2) is 10.8. The van der Waals surface area contributed by atoms with Gasteiger partial charge in [0.15, 0.2) is 11.5 Å². The first kappa shape index (κ1) is 24.7. The van der Waals surface area contributed by atoms with Crippen LogP contribution in [0.5, 0.6) is 23.0 Å². The van der Waals surface area contributed by atoms with Gasteiger partial charge in [0.05, 0.1) is 44.1 Å². The van der Waals surface area contributed by atoms with Crippen LogP contribution >= 0.6 is 0 Å². The third kappa shape index (κ3) is 5.70. The van der Waals surface area contributed by atoms with Gasteiger partial charge in [-0.1, -0.05) is 0 Å². The first-order chi connectivity index (χ1) is 16.3. The van der Waals surface area contributed by atoms with Crippen molar-refractivity contribution in [2.24, 2.45) is 0 Å². The van der Waals surface area contributed by atoms with Gasteiger partial charge in [0, 0.05) is 11.8 Å². The van der Waals surface area contributed by atoms with E-state index in [9.17, 15) is 13.2 Å². The maximum Gasteiger partial charge on any atom is 0.261 e. The first-order valence-corrected chi connectivity index (χ1v) is 11.8. The Morgan fingerprint density at radius 2 is 1.41 bits per heavy atom. The zero-order valence-corrected chi connectivity index (χ0v) is 20.1. The summed E-state index contributed by atoms with van der Waals surface area (Å²) in [4.78, 5) is 13.1. The molecule has 3 aromatic carbocycles. The summed E-state index contributed by atoms with van der Waals surface area (Å²) in [5.41, 5.74) is 0.571. The van der Waals surface area contributed by atoms with Crippen LogP contribution in [0.15, 0.2) is 65.6 Å². The zero-order valence-electron chi connectivity index (χ0n) is 19.2. The number of amides is 1. The standard InChI is InChI=1S/C24H26N2O7S/c1-5-33-18-10-12-19(13-11-18)34(28,29)26-21-15-23(32-4)22(31-3)14-20(21)24(27)25-16-6-8-17(30-2)9-7-16/h6-15,26H,5H2,1-4H3,(H,25,27). The molecule has 0 aliphatic heterocycles. The van der Waals surface area contributed by atoms with Crippen LogP contribution in [0.25, 0.3) is 0 Å². The Balaban J connectivity index is 1.96. The summed E-state index contributed by atoms with van der Waals surface area (Å²) in [6, 6.07) is 15.5. The normalized spacial score (nSPS) is 10.8. The molecule has 0 aromatic heterocycles. The topological polar surface area (TPSA) is 112 Å². The van der Waals surface area contributed by atoms with Gasteiger partial charge < -0.3 is 24.3 Å². The van der Waals surface area contributed by atoms with Crippen molar-refractivity contribution in [2.75, 3.05) is 38.0 Å². The van der Waals surface area contributed by atoms with Gasteiger partial charge in [0.1, 0.15) is 11.5 Å². The molecule has 0 unspecified atom stereocenters. The number of benzene rings is 3. The van der Waals surface area contributed by atoms with Gasteiger partial charge in [-0.05, 0) is 61.5 Å². The number of carbonyl (C=O) groups excluding carboxylic acids is 1. The second-order valence-electron chi connectivity index (χ2n) is 6.95. The average Bonchev–Trinajstić information content (AvgIpc) is 2.84. The summed E-state index contributed by atoms with van der Waals surface area (Å²) < 4.78 is 49.7. The second-order valence-corrected chi connectivity index (χ2v) is 8.63. The molecule has 3 aromatic rings. The van der Waals surface area contributed by atoms with Crippen molar-refractivity contribution >= 4 is 27.3 Å². The van der Waals surface area contributed by atoms with E-state index in [1.54, 1.807) is 43.5 Å². The third-order valence-electron chi connectivity index (χ3n) is 4.81. The van der Waals surface area contributed by atoms with Crippen LogP contribution < -0.4 is 29.0 Å². The van der Waals surface area contributed by atoms with E-state index in [1.807, 2.05) is 6.92 Å². The number of ether oxygens (including phenoxy) is 4. The van der Waals surface area contributed by atoms with Gasteiger partial charge in [-0.2, -0.15) is 0 Å².